The molecule has 8 nitrogen and oxygen atoms in total. The number of carbonyl (C=O) groups excluding carboxylic acids is 1. The van der Waals surface area contributed by atoms with Gasteiger partial charge in [0.2, 0.25) is 5.91 Å². The van der Waals surface area contributed by atoms with Crippen molar-refractivity contribution in [3.05, 3.63) is 36.9 Å². The second-order valence-corrected chi connectivity index (χ2v) is 5.79. The fourth-order valence-corrected chi connectivity index (χ4v) is 2.86. The largest absolute Gasteiger partial charge is 0.391 e. The van der Waals surface area contributed by atoms with Crippen LogP contribution in [0.15, 0.2) is 31.2 Å². The number of nitrogens with zero attached hydrogens (tertiary/aromatic N) is 6. The second-order valence-electron chi connectivity index (χ2n) is 5.79. The summed E-state index contributed by atoms with van der Waals surface area (Å²) < 4.78 is 1.71. The number of likely N-dealkylation sites (tertiary alicyclic amines) is 1. The smallest absolute Gasteiger partial charge is 0.222 e. The highest BCUT2D eigenvalue weighted by Crippen LogP contribution is 2.21. The van der Waals surface area contributed by atoms with Crippen molar-refractivity contribution >= 4 is 5.91 Å². The SMILES string of the molecule is O=C(CCCn1cncn1)N1C[C@@H](Cc2cnccn2)[C@H](O)C1. The van der Waals surface area contributed by atoms with Gasteiger partial charge in [0.05, 0.1) is 11.8 Å². The minimum atomic E-state index is -0.503. The number of aromatic nitrogens is 5. The number of aryl methyl sites for hydroxylation is 1. The van der Waals surface area contributed by atoms with Crippen LogP contribution in [0.3, 0.4) is 0 Å². The van der Waals surface area contributed by atoms with Gasteiger partial charge < -0.3 is 10.0 Å². The van der Waals surface area contributed by atoms with E-state index in [-0.39, 0.29) is 11.8 Å². The molecule has 2 aromatic rings. The van der Waals surface area contributed by atoms with Gasteiger partial charge in [0.1, 0.15) is 12.7 Å². The van der Waals surface area contributed by atoms with Gasteiger partial charge >= 0.3 is 0 Å². The van der Waals surface area contributed by atoms with Crippen LogP contribution in [0.5, 0.6) is 0 Å². The summed E-state index contributed by atoms with van der Waals surface area (Å²) in [5.41, 5.74) is 0.844. The number of hydrogen-bond donors (Lipinski definition) is 1. The van der Waals surface area contributed by atoms with Crippen LogP contribution in [-0.4, -0.2) is 59.8 Å². The van der Waals surface area contributed by atoms with E-state index in [2.05, 4.69) is 20.1 Å². The van der Waals surface area contributed by atoms with Crippen LogP contribution in [0.4, 0.5) is 0 Å². The molecule has 0 aromatic carbocycles. The third kappa shape index (κ3) is 4.10. The van der Waals surface area contributed by atoms with Crippen molar-refractivity contribution in [3.63, 3.8) is 0 Å². The third-order valence-electron chi connectivity index (χ3n) is 4.09. The molecule has 0 aliphatic carbocycles. The van der Waals surface area contributed by atoms with E-state index in [9.17, 15) is 9.90 Å². The van der Waals surface area contributed by atoms with Gasteiger partial charge in [-0.25, -0.2) is 4.98 Å². The molecule has 8 heteroatoms. The number of aliphatic hydroxyl groups is 1. The van der Waals surface area contributed by atoms with Crippen LogP contribution in [0.1, 0.15) is 18.5 Å². The van der Waals surface area contributed by atoms with Gasteiger partial charge in [-0.2, -0.15) is 5.10 Å². The molecule has 0 bridgehead atoms. The van der Waals surface area contributed by atoms with E-state index in [1.54, 1.807) is 34.5 Å². The van der Waals surface area contributed by atoms with Crippen LogP contribution < -0.4 is 0 Å². The molecule has 0 unspecified atom stereocenters. The van der Waals surface area contributed by atoms with E-state index in [1.165, 1.54) is 6.33 Å². The zero-order valence-corrected chi connectivity index (χ0v) is 12.8. The number of carbonyl (C=O) groups is 1. The van der Waals surface area contributed by atoms with Gasteiger partial charge in [-0.15, -0.1) is 0 Å². The molecule has 2 aromatic heterocycles. The standard InChI is InChI=1S/C15H20N6O2/c22-14-9-20(8-12(14)6-13-7-16-3-4-18-13)15(23)2-1-5-21-11-17-10-19-21/h3-4,7,10-12,14,22H,1-2,5-6,8-9H2/t12-,14-/m1/s1. The van der Waals surface area contributed by atoms with Gasteiger partial charge in [-0.05, 0) is 12.8 Å². The zero-order chi connectivity index (χ0) is 16.1. The molecule has 3 rings (SSSR count). The first-order valence-electron chi connectivity index (χ1n) is 7.75. The predicted octanol–water partition coefficient (Wildman–Crippen LogP) is -0.0897. The van der Waals surface area contributed by atoms with Crippen molar-refractivity contribution in [1.29, 1.82) is 0 Å². The Morgan fingerprint density at radius 2 is 2.22 bits per heavy atom. The summed E-state index contributed by atoms with van der Waals surface area (Å²) in [4.78, 5) is 26.1. The Bertz CT molecular complexity index is 618. The van der Waals surface area contributed by atoms with Gasteiger partial charge in [-0.1, -0.05) is 0 Å². The number of aliphatic hydroxyl groups excluding tert-OH is 1. The Hall–Kier alpha value is -2.35. The molecule has 0 radical (unpaired) electrons. The molecule has 1 fully saturated rings. The highest BCUT2D eigenvalue weighted by molar-refractivity contribution is 5.76. The van der Waals surface area contributed by atoms with Gasteiger partial charge in [0.15, 0.2) is 0 Å². The molecule has 1 N–H and O–H groups in total. The summed E-state index contributed by atoms with van der Waals surface area (Å²) in [6.07, 6.45) is 9.39. The quantitative estimate of drug-likeness (QED) is 0.800. The first kappa shape index (κ1) is 15.5. The number of hydrogen-bond acceptors (Lipinski definition) is 6. The molecule has 2 atom stereocenters. The lowest BCUT2D eigenvalue weighted by molar-refractivity contribution is -0.130. The lowest BCUT2D eigenvalue weighted by atomic mass is 10.0. The Kier molecular flexibility index (Phi) is 4.92. The van der Waals surface area contributed by atoms with Crippen molar-refractivity contribution in [2.75, 3.05) is 13.1 Å². The average molecular weight is 316 g/mol. The van der Waals surface area contributed by atoms with Crippen LogP contribution in [0, 0.1) is 5.92 Å². The summed E-state index contributed by atoms with van der Waals surface area (Å²) in [6.45, 7) is 1.64. The second kappa shape index (κ2) is 7.28. The van der Waals surface area contributed by atoms with Crippen LogP contribution in [0.2, 0.25) is 0 Å². The summed E-state index contributed by atoms with van der Waals surface area (Å²) in [6, 6.07) is 0. The molecule has 1 aliphatic heterocycles. The molecule has 122 valence electrons. The van der Waals surface area contributed by atoms with Gasteiger partial charge in [0, 0.05) is 50.6 Å². The summed E-state index contributed by atoms with van der Waals surface area (Å²) in [5, 5.41) is 14.2. The molecule has 3 heterocycles. The predicted molar refractivity (Wildman–Crippen MR) is 81.1 cm³/mol. The van der Waals surface area contributed by atoms with E-state index in [4.69, 9.17) is 0 Å². The fraction of sp³-hybridized carbons (Fsp3) is 0.533. The number of β-amino-alcohol motifs (C(OH)–C–C–N with tert-alkyl or cyclic N) is 1. The Morgan fingerprint density at radius 1 is 1.30 bits per heavy atom. The highest BCUT2D eigenvalue weighted by Gasteiger charge is 2.33. The number of amides is 1. The zero-order valence-electron chi connectivity index (χ0n) is 12.8. The van der Waals surface area contributed by atoms with Crippen molar-refractivity contribution in [2.24, 2.45) is 5.92 Å². The fourth-order valence-electron chi connectivity index (χ4n) is 2.86. The summed E-state index contributed by atoms with van der Waals surface area (Å²) >= 11 is 0. The molecular weight excluding hydrogens is 296 g/mol. The average Bonchev–Trinajstić information content (AvgIpc) is 3.19. The Morgan fingerprint density at radius 3 is 2.96 bits per heavy atom. The molecule has 23 heavy (non-hydrogen) atoms. The molecule has 1 saturated heterocycles. The van der Waals surface area contributed by atoms with Gasteiger partial charge in [0.25, 0.3) is 0 Å². The van der Waals surface area contributed by atoms with E-state index in [0.29, 0.717) is 38.9 Å². The summed E-state index contributed by atoms with van der Waals surface area (Å²) in [5.74, 6) is 0.0942. The first-order valence-corrected chi connectivity index (χ1v) is 7.75. The van der Waals surface area contributed by atoms with Gasteiger partial charge in [-0.3, -0.25) is 19.4 Å². The van der Waals surface area contributed by atoms with Crippen molar-refractivity contribution in [3.8, 4) is 0 Å². The first-order chi connectivity index (χ1) is 11.2. The maximum atomic E-state index is 12.3. The van der Waals surface area contributed by atoms with Crippen LogP contribution in [0.25, 0.3) is 0 Å². The maximum absolute atomic E-state index is 12.3. The topological polar surface area (TPSA) is 97.0 Å². The van der Waals surface area contributed by atoms with Crippen LogP contribution in [-0.2, 0) is 17.8 Å². The summed E-state index contributed by atoms with van der Waals surface area (Å²) in [7, 11) is 0. The Balaban J connectivity index is 1.46. The third-order valence-corrected chi connectivity index (χ3v) is 4.09. The van der Waals surface area contributed by atoms with E-state index >= 15 is 0 Å². The maximum Gasteiger partial charge on any atom is 0.222 e. The van der Waals surface area contributed by atoms with E-state index in [0.717, 1.165) is 5.69 Å². The number of rotatable bonds is 6. The molecular formula is C15H20N6O2. The normalized spacial score (nSPS) is 20.8. The lowest BCUT2D eigenvalue weighted by Gasteiger charge is -2.16. The van der Waals surface area contributed by atoms with Crippen molar-refractivity contribution in [1.82, 2.24) is 29.6 Å². The minimum Gasteiger partial charge on any atom is -0.391 e. The highest BCUT2D eigenvalue weighted by atomic mass is 16.3. The van der Waals surface area contributed by atoms with Crippen molar-refractivity contribution < 1.29 is 9.90 Å². The Labute approximate surface area is 134 Å². The monoisotopic (exact) mass is 316 g/mol. The van der Waals surface area contributed by atoms with E-state index < -0.39 is 6.10 Å². The van der Waals surface area contributed by atoms with Crippen LogP contribution >= 0.6 is 0 Å². The molecule has 1 aliphatic rings. The molecule has 1 amide bonds. The van der Waals surface area contributed by atoms with E-state index in [1.807, 2.05) is 0 Å². The molecule has 0 saturated carbocycles. The lowest BCUT2D eigenvalue weighted by Crippen LogP contribution is -2.29. The minimum absolute atomic E-state index is 0.0194. The van der Waals surface area contributed by atoms with Crippen molar-refractivity contribution in [2.45, 2.75) is 31.9 Å². The molecule has 0 spiro atoms.